The molecule has 0 bridgehead atoms. The van der Waals surface area contributed by atoms with Gasteiger partial charge in [-0.25, -0.2) is 0 Å². The maximum absolute atomic E-state index is 12.1. The molecule has 1 heterocycles. The first-order chi connectivity index (χ1) is 9.49. The first kappa shape index (κ1) is 14.8. The molecule has 1 saturated carbocycles. The Hall–Kier alpha value is -1.58. The van der Waals surface area contributed by atoms with E-state index in [9.17, 15) is 4.79 Å². The maximum atomic E-state index is 12.1. The summed E-state index contributed by atoms with van der Waals surface area (Å²) in [6.07, 6.45) is 6.51. The molecular weight excluding hydrogens is 250 g/mol. The van der Waals surface area contributed by atoms with Gasteiger partial charge in [0.05, 0.1) is 18.4 Å². The lowest BCUT2D eigenvalue weighted by Gasteiger charge is -2.25. The SMILES string of the molecule is C=C(C)CC(C)C(=O)NCc1c(C2CCC2)cnn1C. The second-order valence-corrected chi connectivity index (χ2v) is 6.08. The molecule has 0 aliphatic heterocycles. The van der Waals surface area contributed by atoms with Crippen molar-refractivity contribution in [1.82, 2.24) is 15.1 Å². The average molecular weight is 275 g/mol. The van der Waals surface area contributed by atoms with Crippen molar-refractivity contribution in [2.45, 2.75) is 52.0 Å². The highest BCUT2D eigenvalue weighted by atomic mass is 16.1. The normalized spacial score (nSPS) is 16.6. The van der Waals surface area contributed by atoms with Gasteiger partial charge in [0, 0.05) is 13.0 Å². The number of carbonyl (C=O) groups is 1. The van der Waals surface area contributed by atoms with Gasteiger partial charge in [-0.1, -0.05) is 18.9 Å². The van der Waals surface area contributed by atoms with E-state index in [2.05, 4.69) is 17.0 Å². The Labute approximate surface area is 121 Å². The fraction of sp³-hybridized carbons (Fsp3) is 0.625. The molecule has 110 valence electrons. The average Bonchev–Trinajstić information content (AvgIpc) is 2.65. The summed E-state index contributed by atoms with van der Waals surface area (Å²) in [4.78, 5) is 12.1. The van der Waals surface area contributed by atoms with Gasteiger partial charge in [-0.05, 0) is 37.7 Å². The molecule has 1 aliphatic carbocycles. The van der Waals surface area contributed by atoms with Crippen molar-refractivity contribution in [3.63, 3.8) is 0 Å². The Bertz CT molecular complexity index is 500. The first-order valence-electron chi connectivity index (χ1n) is 7.42. The van der Waals surface area contributed by atoms with Crippen LogP contribution in [0.2, 0.25) is 0 Å². The number of nitrogens with one attached hydrogen (secondary N) is 1. The smallest absolute Gasteiger partial charge is 0.223 e. The van der Waals surface area contributed by atoms with E-state index in [0.29, 0.717) is 12.5 Å². The van der Waals surface area contributed by atoms with Gasteiger partial charge in [-0.15, -0.1) is 6.58 Å². The number of aryl methyl sites for hydroxylation is 1. The van der Waals surface area contributed by atoms with E-state index < -0.39 is 0 Å². The summed E-state index contributed by atoms with van der Waals surface area (Å²) in [5.74, 6) is 0.713. The highest BCUT2D eigenvalue weighted by Gasteiger charge is 2.25. The first-order valence-corrected chi connectivity index (χ1v) is 7.42. The minimum absolute atomic E-state index is 0.0205. The number of aromatic nitrogens is 2. The molecule has 0 spiro atoms. The fourth-order valence-electron chi connectivity index (χ4n) is 2.72. The second kappa shape index (κ2) is 6.25. The van der Waals surface area contributed by atoms with Crippen LogP contribution in [-0.2, 0) is 18.4 Å². The van der Waals surface area contributed by atoms with Gasteiger partial charge in [0.2, 0.25) is 5.91 Å². The van der Waals surface area contributed by atoms with Gasteiger partial charge in [-0.2, -0.15) is 5.10 Å². The van der Waals surface area contributed by atoms with Crippen molar-refractivity contribution in [1.29, 1.82) is 0 Å². The molecule has 1 aromatic heterocycles. The third kappa shape index (κ3) is 3.30. The Morgan fingerprint density at radius 2 is 2.30 bits per heavy atom. The van der Waals surface area contributed by atoms with Crippen molar-refractivity contribution < 1.29 is 4.79 Å². The van der Waals surface area contributed by atoms with Crippen LogP contribution in [0.15, 0.2) is 18.3 Å². The predicted octanol–water partition coefficient (Wildman–Crippen LogP) is 2.91. The molecule has 2 rings (SSSR count). The zero-order valence-corrected chi connectivity index (χ0v) is 12.8. The minimum atomic E-state index is -0.0205. The lowest BCUT2D eigenvalue weighted by molar-refractivity contribution is -0.124. The van der Waals surface area contributed by atoms with Crippen molar-refractivity contribution in [2.75, 3.05) is 0 Å². The van der Waals surface area contributed by atoms with Crippen molar-refractivity contribution >= 4 is 5.91 Å². The molecule has 0 aromatic carbocycles. The van der Waals surface area contributed by atoms with Gasteiger partial charge >= 0.3 is 0 Å². The lowest BCUT2D eigenvalue weighted by atomic mass is 9.80. The summed E-state index contributed by atoms with van der Waals surface area (Å²) in [5.41, 5.74) is 3.50. The predicted molar refractivity (Wildman–Crippen MR) is 80.2 cm³/mol. The molecule has 0 radical (unpaired) electrons. The van der Waals surface area contributed by atoms with Gasteiger partial charge in [0.1, 0.15) is 0 Å². The second-order valence-electron chi connectivity index (χ2n) is 6.08. The Kier molecular flexibility index (Phi) is 4.63. The molecule has 4 heteroatoms. The van der Waals surface area contributed by atoms with Crippen molar-refractivity contribution in [3.8, 4) is 0 Å². The van der Waals surface area contributed by atoms with E-state index in [1.807, 2.05) is 31.8 Å². The fourth-order valence-corrected chi connectivity index (χ4v) is 2.72. The number of nitrogens with zero attached hydrogens (tertiary/aromatic N) is 2. The molecule has 1 amide bonds. The molecule has 0 saturated heterocycles. The highest BCUT2D eigenvalue weighted by molar-refractivity contribution is 5.78. The highest BCUT2D eigenvalue weighted by Crippen LogP contribution is 2.37. The largest absolute Gasteiger partial charge is 0.350 e. The molecule has 1 unspecified atom stereocenters. The van der Waals surface area contributed by atoms with Gasteiger partial charge in [0.25, 0.3) is 0 Å². The molecule has 1 atom stereocenters. The van der Waals surface area contributed by atoms with Crippen LogP contribution < -0.4 is 5.32 Å². The molecule has 20 heavy (non-hydrogen) atoms. The van der Waals surface area contributed by atoms with E-state index >= 15 is 0 Å². The third-order valence-electron chi connectivity index (χ3n) is 4.17. The van der Waals surface area contributed by atoms with E-state index in [1.165, 1.54) is 24.8 Å². The zero-order chi connectivity index (χ0) is 14.7. The van der Waals surface area contributed by atoms with Crippen LogP contribution in [0.4, 0.5) is 0 Å². The number of allylic oxidation sites excluding steroid dienone is 1. The van der Waals surface area contributed by atoms with E-state index in [-0.39, 0.29) is 11.8 Å². The molecule has 1 N–H and O–H groups in total. The van der Waals surface area contributed by atoms with E-state index in [4.69, 9.17) is 0 Å². The summed E-state index contributed by atoms with van der Waals surface area (Å²) in [7, 11) is 1.95. The number of rotatable bonds is 6. The Balaban J connectivity index is 1.95. The molecule has 1 fully saturated rings. The molecule has 1 aliphatic rings. The molecule has 4 nitrogen and oxygen atoms in total. The Morgan fingerprint density at radius 1 is 1.60 bits per heavy atom. The lowest BCUT2D eigenvalue weighted by Crippen LogP contribution is -2.30. The third-order valence-corrected chi connectivity index (χ3v) is 4.17. The van der Waals surface area contributed by atoms with Crippen LogP contribution in [0.5, 0.6) is 0 Å². The number of hydrogen-bond donors (Lipinski definition) is 1. The van der Waals surface area contributed by atoms with E-state index in [1.54, 1.807) is 0 Å². The van der Waals surface area contributed by atoms with Crippen LogP contribution in [0.3, 0.4) is 0 Å². The maximum Gasteiger partial charge on any atom is 0.223 e. The number of hydrogen-bond acceptors (Lipinski definition) is 2. The zero-order valence-electron chi connectivity index (χ0n) is 12.8. The topological polar surface area (TPSA) is 46.9 Å². The number of carbonyl (C=O) groups excluding carboxylic acids is 1. The van der Waals surface area contributed by atoms with Crippen molar-refractivity contribution in [2.24, 2.45) is 13.0 Å². The number of amides is 1. The van der Waals surface area contributed by atoms with E-state index in [0.717, 1.165) is 17.7 Å². The van der Waals surface area contributed by atoms with Crippen LogP contribution in [-0.4, -0.2) is 15.7 Å². The summed E-state index contributed by atoms with van der Waals surface area (Å²) in [5, 5.41) is 7.38. The monoisotopic (exact) mass is 275 g/mol. The van der Waals surface area contributed by atoms with Gasteiger partial charge in [-0.3, -0.25) is 9.48 Å². The quantitative estimate of drug-likeness (QED) is 0.811. The van der Waals surface area contributed by atoms with Crippen LogP contribution in [0.1, 0.15) is 56.7 Å². The summed E-state index contributed by atoms with van der Waals surface area (Å²) < 4.78 is 1.89. The Morgan fingerprint density at radius 3 is 2.85 bits per heavy atom. The van der Waals surface area contributed by atoms with Crippen LogP contribution >= 0.6 is 0 Å². The molecular formula is C16H25N3O. The standard InChI is InChI=1S/C16H25N3O/c1-11(2)8-12(3)16(20)17-10-15-14(9-18-19(15)4)13-6-5-7-13/h9,12-13H,1,5-8,10H2,2-4H3,(H,17,20). The van der Waals surface area contributed by atoms with Crippen LogP contribution in [0.25, 0.3) is 0 Å². The summed E-state index contributed by atoms with van der Waals surface area (Å²) in [6.45, 7) is 8.34. The summed E-state index contributed by atoms with van der Waals surface area (Å²) in [6, 6.07) is 0. The van der Waals surface area contributed by atoms with Gasteiger partial charge in [0.15, 0.2) is 0 Å². The summed E-state index contributed by atoms with van der Waals surface area (Å²) >= 11 is 0. The minimum Gasteiger partial charge on any atom is -0.350 e. The molecule has 1 aromatic rings. The van der Waals surface area contributed by atoms with Crippen LogP contribution in [0, 0.1) is 5.92 Å². The van der Waals surface area contributed by atoms with Gasteiger partial charge < -0.3 is 5.32 Å². The van der Waals surface area contributed by atoms with Crippen molar-refractivity contribution in [3.05, 3.63) is 29.6 Å².